The molecule has 3 N–H and O–H groups in total. The molecule has 1 atom stereocenters. The largest absolute Gasteiger partial charge is 0.464 e. The smallest absolute Gasteiger partial charge is 0.228 e. The molecule has 0 bridgehead atoms. The summed E-state index contributed by atoms with van der Waals surface area (Å²) in [7, 11) is 0. The van der Waals surface area contributed by atoms with E-state index in [1.807, 2.05) is 26.0 Å². The van der Waals surface area contributed by atoms with Crippen LogP contribution in [0.1, 0.15) is 64.0 Å². The molecular weight excluding hydrogens is 252 g/mol. The topological polar surface area (TPSA) is 68.3 Å². The van der Waals surface area contributed by atoms with Crippen LogP contribution in [0.15, 0.2) is 16.5 Å². The van der Waals surface area contributed by atoms with Gasteiger partial charge in [-0.25, -0.2) is 0 Å². The number of amides is 1. The van der Waals surface area contributed by atoms with Gasteiger partial charge < -0.3 is 15.5 Å². The Bertz CT molecular complexity index is 420. The van der Waals surface area contributed by atoms with Crippen LogP contribution in [0.3, 0.4) is 0 Å². The zero-order chi connectivity index (χ0) is 15.2. The summed E-state index contributed by atoms with van der Waals surface area (Å²) in [5.74, 6) is 1.69. The van der Waals surface area contributed by atoms with Gasteiger partial charge in [-0.2, -0.15) is 0 Å². The number of hydrogen-bond acceptors (Lipinski definition) is 3. The molecule has 0 aromatic carbocycles. The van der Waals surface area contributed by atoms with Gasteiger partial charge in [0.25, 0.3) is 0 Å². The maximum absolute atomic E-state index is 12.6. The van der Waals surface area contributed by atoms with Gasteiger partial charge in [-0.05, 0) is 38.8 Å². The van der Waals surface area contributed by atoms with Crippen molar-refractivity contribution in [3.63, 3.8) is 0 Å². The fourth-order valence-corrected chi connectivity index (χ4v) is 2.71. The van der Waals surface area contributed by atoms with E-state index >= 15 is 0 Å². The lowest BCUT2D eigenvalue weighted by atomic mass is 9.78. The van der Waals surface area contributed by atoms with Crippen LogP contribution in [-0.4, -0.2) is 12.5 Å². The van der Waals surface area contributed by atoms with Crippen LogP contribution in [0.5, 0.6) is 0 Å². The summed E-state index contributed by atoms with van der Waals surface area (Å²) in [5.41, 5.74) is 5.47. The Kier molecular flexibility index (Phi) is 6.27. The number of hydrogen-bond donors (Lipinski definition) is 2. The van der Waals surface area contributed by atoms with Crippen molar-refractivity contribution < 1.29 is 9.21 Å². The molecule has 0 fully saturated rings. The van der Waals surface area contributed by atoms with Crippen LogP contribution < -0.4 is 11.1 Å². The Labute approximate surface area is 122 Å². The molecule has 114 valence electrons. The first-order chi connectivity index (χ1) is 9.49. The third-order valence-electron chi connectivity index (χ3n) is 3.87. The van der Waals surface area contributed by atoms with Crippen LogP contribution in [-0.2, 0) is 4.79 Å². The number of furan rings is 1. The molecule has 1 aromatic rings. The van der Waals surface area contributed by atoms with Crippen LogP contribution in [0.4, 0.5) is 0 Å². The van der Waals surface area contributed by atoms with Gasteiger partial charge in [0.1, 0.15) is 11.5 Å². The highest BCUT2D eigenvalue weighted by Gasteiger charge is 2.36. The predicted octanol–water partition coefficient (Wildman–Crippen LogP) is 3.31. The summed E-state index contributed by atoms with van der Waals surface area (Å²) in [5, 5.41) is 3.06. The standard InChI is InChI=1S/C16H28N2O2/c1-5-9-16(11-17,10-6-2)15(19)18-13(4)14-8-7-12(3)20-14/h7-8,13H,5-6,9-11,17H2,1-4H3,(H,18,19). The Hall–Kier alpha value is -1.29. The molecule has 1 unspecified atom stereocenters. The number of nitrogens with two attached hydrogens (primary N) is 1. The molecule has 1 aromatic heterocycles. The maximum Gasteiger partial charge on any atom is 0.228 e. The first kappa shape index (κ1) is 16.8. The van der Waals surface area contributed by atoms with Gasteiger partial charge in [0.05, 0.1) is 11.5 Å². The fourth-order valence-electron chi connectivity index (χ4n) is 2.71. The van der Waals surface area contributed by atoms with Gasteiger partial charge in [-0.15, -0.1) is 0 Å². The summed E-state index contributed by atoms with van der Waals surface area (Å²) >= 11 is 0. The molecule has 0 aliphatic carbocycles. The van der Waals surface area contributed by atoms with Gasteiger partial charge in [0.15, 0.2) is 0 Å². The monoisotopic (exact) mass is 280 g/mol. The Morgan fingerprint density at radius 2 is 1.95 bits per heavy atom. The van der Waals surface area contributed by atoms with Crippen LogP contribution in [0.2, 0.25) is 0 Å². The van der Waals surface area contributed by atoms with Crippen molar-refractivity contribution in [2.24, 2.45) is 11.1 Å². The highest BCUT2D eigenvalue weighted by Crippen LogP contribution is 2.30. The molecule has 0 aliphatic heterocycles. The predicted molar refractivity (Wildman–Crippen MR) is 81.3 cm³/mol. The molecule has 1 rings (SSSR count). The normalized spacial score (nSPS) is 13.2. The summed E-state index contributed by atoms with van der Waals surface area (Å²) in [6.07, 6.45) is 3.57. The van der Waals surface area contributed by atoms with Crippen molar-refractivity contribution in [3.05, 3.63) is 23.7 Å². The van der Waals surface area contributed by atoms with E-state index in [0.29, 0.717) is 6.54 Å². The van der Waals surface area contributed by atoms with E-state index in [0.717, 1.165) is 37.2 Å². The molecular formula is C16H28N2O2. The molecule has 1 amide bonds. The lowest BCUT2D eigenvalue weighted by Gasteiger charge is -2.31. The Balaban J connectivity index is 2.79. The third-order valence-corrected chi connectivity index (χ3v) is 3.87. The third kappa shape index (κ3) is 3.85. The van der Waals surface area contributed by atoms with E-state index < -0.39 is 5.41 Å². The maximum atomic E-state index is 12.6. The van der Waals surface area contributed by atoms with E-state index in [4.69, 9.17) is 10.2 Å². The highest BCUT2D eigenvalue weighted by molar-refractivity contribution is 5.83. The van der Waals surface area contributed by atoms with Gasteiger partial charge in [-0.3, -0.25) is 4.79 Å². The summed E-state index contributed by atoms with van der Waals surface area (Å²) in [6, 6.07) is 3.69. The highest BCUT2D eigenvalue weighted by atomic mass is 16.3. The van der Waals surface area contributed by atoms with E-state index in [1.54, 1.807) is 0 Å². The SMILES string of the molecule is CCCC(CN)(CCC)C(=O)NC(C)c1ccc(C)o1. The van der Waals surface area contributed by atoms with Crippen molar-refractivity contribution in [1.29, 1.82) is 0 Å². The summed E-state index contributed by atoms with van der Waals surface area (Å²) in [4.78, 5) is 12.6. The van der Waals surface area contributed by atoms with Gasteiger partial charge in [0.2, 0.25) is 5.91 Å². The lowest BCUT2D eigenvalue weighted by molar-refractivity contribution is -0.132. The number of rotatable bonds is 8. The van der Waals surface area contributed by atoms with Crippen molar-refractivity contribution in [2.75, 3.05) is 6.54 Å². The second kappa shape index (κ2) is 7.48. The number of aryl methyl sites for hydroxylation is 1. The van der Waals surface area contributed by atoms with E-state index in [1.165, 1.54) is 0 Å². The van der Waals surface area contributed by atoms with E-state index in [-0.39, 0.29) is 11.9 Å². The van der Waals surface area contributed by atoms with Crippen molar-refractivity contribution >= 4 is 5.91 Å². The molecule has 0 saturated carbocycles. The minimum Gasteiger partial charge on any atom is -0.464 e. The first-order valence-electron chi connectivity index (χ1n) is 7.56. The molecule has 1 heterocycles. The lowest BCUT2D eigenvalue weighted by Crippen LogP contribution is -2.46. The van der Waals surface area contributed by atoms with Crippen LogP contribution >= 0.6 is 0 Å². The van der Waals surface area contributed by atoms with E-state index in [9.17, 15) is 4.79 Å². The summed E-state index contributed by atoms with van der Waals surface area (Å²) < 4.78 is 5.57. The average Bonchev–Trinajstić information content (AvgIpc) is 2.85. The van der Waals surface area contributed by atoms with Crippen molar-refractivity contribution in [2.45, 2.75) is 59.4 Å². The Morgan fingerprint density at radius 1 is 1.35 bits per heavy atom. The molecule has 0 saturated heterocycles. The number of carbonyl (C=O) groups is 1. The zero-order valence-corrected chi connectivity index (χ0v) is 13.2. The minimum atomic E-state index is -0.445. The summed E-state index contributed by atoms with van der Waals surface area (Å²) in [6.45, 7) is 8.41. The molecule has 20 heavy (non-hydrogen) atoms. The zero-order valence-electron chi connectivity index (χ0n) is 13.2. The minimum absolute atomic E-state index is 0.0465. The second-order valence-electron chi connectivity index (χ2n) is 5.63. The van der Waals surface area contributed by atoms with E-state index in [2.05, 4.69) is 19.2 Å². The number of carbonyl (C=O) groups excluding carboxylic acids is 1. The molecule has 0 radical (unpaired) electrons. The molecule has 4 heteroatoms. The van der Waals surface area contributed by atoms with Gasteiger partial charge in [0, 0.05) is 6.54 Å². The molecule has 4 nitrogen and oxygen atoms in total. The van der Waals surface area contributed by atoms with Gasteiger partial charge >= 0.3 is 0 Å². The van der Waals surface area contributed by atoms with Crippen LogP contribution in [0, 0.1) is 12.3 Å². The molecule has 0 spiro atoms. The quantitative estimate of drug-likeness (QED) is 0.767. The first-order valence-corrected chi connectivity index (χ1v) is 7.56. The fraction of sp³-hybridized carbons (Fsp3) is 0.688. The van der Waals surface area contributed by atoms with Gasteiger partial charge in [-0.1, -0.05) is 26.7 Å². The molecule has 0 aliphatic rings. The van der Waals surface area contributed by atoms with Crippen molar-refractivity contribution in [1.82, 2.24) is 5.32 Å². The number of nitrogens with one attached hydrogen (secondary N) is 1. The van der Waals surface area contributed by atoms with Crippen LogP contribution in [0.25, 0.3) is 0 Å². The van der Waals surface area contributed by atoms with Crippen molar-refractivity contribution in [3.8, 4) is 0 Å². The second-order valence-corrected chi connectivity index (χ2v) is 5.63. The average molecular weight is 280 g/mol. The Morgan fingerprint density at radius 3 is 2.35 bits per heavy atom.